The van der Waals surface area contributed by atoms with Gasteiger partial charge in [-0.3, -0.25) is 4.79 Å². The molecule has 2 aromatic rings. The van der Waals surface area contributed by atoms with E-state index in [1.54, 1.807) is 6.07 Å². The zero-order valence-electron chi connectivity index (χ0n) is 16.4. The Balaban J connectivity index is 1.95. The number of carbonyl (C=O) groups is 1. The summed E-state index contributed by atoms with van der Waals surface area (Å²) in [4.78, 5) is 13.2. The number of ether oxygens (including phenoxy) is 1. The molecular weight excluding hydrogens is 360 g/mol. The van der Waals surface area contributed by atoms with E-state index in [4.69, 9.17) is 4.74 Å². The molecule has 3 rings (SSSR count). The number of halogens is 2. The minimum Gasteiger partial charge on any atom is -0.381 e. The zero-order valence-corrected chi connectivity index (χ0v) is 16.4. The number of carbonyl (C=O) groups excluding carboxylic acids is 1. The number of nitrogens with one attached hydrogen (secondary N) is 1. The highest BCUT2D eigenvalue weighted by molar-refractivity contribution is 5.84. The number of benzene rings is 2. The molecule has 1 atom stereocenters. The molecule has 1 saturated heterocycles. The summed E-state index contributed by atoms with van der Waals surface area (Å²) in [6.07, 6.45) is 2.68. The molecule has 1 aliphatic heterocycles. The van der Waals surface area contributed by atoms with Gasteiger partial charge in [-0.2, -0.15) is 0 Å². The van der Waals surface area contributed by atoms with Gasteiger partial charge in [0.25, 0.3) is 0 Å². The van der Waals surface area contributed by atoms with E-state index in [1.165, 1.54) is 6.07 Å². The van der Waals surface area contributed by atoms with Crippen LogP contribution in [0, 0.1) is 17.0 Å². The predicted octanol–water partition coefficient (Wildman–Crippen LogP) is 4.89. The van der Waals surface area contributed by atoms with Gasteiger partial charge in [0.1, 0.15) is 0 Å². The van der Waals surface area contributed by atoms with E-state index in [0.717, 1.165) is 23.6 Å². The van der Waals surface area contributed by atoms with Crippen molar-refractivity contribution in [2.75, 3.05) is 13.2 Å². The van der Waals surface area contributed by atoms with E-state index >= 15 is 0 Å². The highest BCUT2D eigenvalue weighted by Gasteiger charge is 2.40. The molecule has 1 N–H and O–H groups in total. The van der Waals surface area contributed by atoms with Crippen molar-refractivity contribution < 1.29 is 18.3 Å². The van der Waals surface area contributed by atoms with Crippen molar-refractivity contribution >= 4 is 5.91 Å². The molecule has 0 saturated carbocycles. The highest BCUT2D eigenvalue weighted by atomic mass is 19.2. The van der Waals surface area contributed by atoms with Gasteiger partial charge in [0.2, 0.25) is 5.91 Å². The van der Waals surface area contributed by atoms with E-state index < -0.39 is 17.0 Å². The van der Waals surface area contributed by atoms with Gasteiger partial charge in [-0.25, -0.2) is 8.78 Å². The van der Waals surface area contributed by atoms with Crippen molar-refractivity contribution in [3.8, 4) is 11.1 Å². The fourth-order valence-corrected chi connectivity index (χ4v) is 3.71. The van der Waals surface area contributed by atoms with Crippen LogP contribution in [0.15, 0.2) is 42.5 Å². The summed E-state index contributed by atoms with van der Waals surface area (Å²) < 4.78 is 32.7. The molecule has 0 spiro atoms. The van der Waals surface area contributed by atoms with Gasteiger partial charge in [0.15, 0.2) is 11.6 Å². The summed E-state index contributed by atoms with van der Waals surface area (Å²) in [6, 6.07) is 11.7. The number of rotatable bonds is 6. The van der Waals surface area contributed by atoms with Gasteiger partial charge in [-0.05, 0) is 61.4 Å². The van der Waals surface area contributed by atoms with Crippen LogP contribution in [0.3, 0.4) is 0 Å². The first kappa shape index (κ1) is 20.5. The maximum absolute atomic E-state index is 13.8. The summed E-state index contributed by atoms with van der Waals surface area (Å²) in [5, 5.41) is 3.13. The van der Waals surface area contributed by atoms with Crippen LogP contribution in [-0.2, 0) is 16.0 Å². The van der Waals surface area contributed by atoms with E-state index in [9.17, 15) is 13.6 Å². The Labute approximate surface area is 165 Å². The molecule has 0 aromatic heterocycles. The van der Waals surface area contributed by atoms with E-state index in [2.05, 4.69) is 5.32 Å². The van der Waals surface area contributed by atoms with E-state index in [-0.39, 0.29) is 11.9 Å². The van der Waals surface area contributed by atoms with Crippen molar-refractivity contribution in [1.82, 2.24) is 5.32 Å². The van der Waals surface area contributed by atoms with Gasteiger partial charge >= 0.3 is 0 Å². The molecule has 0 unspecified atom stereocenters. The van der Waals surface area contributed by atoms with Crippen LogP contribution in [0.25, 0.3) is 11.1 Å². The van der Waals surface area contributed by atoms with Crippen LogP contribution >= 0.6 is 0 Å². The number of hydrogen-bond acceptors (Lipinski definition) is 2. The third kappa shape index (κ3) is 4.41. The average Bonchev–Trinajstić information content (AvgIpc) is 2.71. The summed E-state index contributed by atoms with van der Waals surface area (Å²) in [6.45, 7) is 5.13. The van der Waals surface area contributed by atoms with Gasteiger partial charge < -0.3 is 10.1 Å². The molecule has 5 heteroatoms. The van der Waals surface area contributed by atoms with Gasteiger partial charge in [-0.1, -0.05) is 37.3 Å². The normalized spacial score (nSPS) is 17.1. The first-order chi connectivity index (χ1) is 13.4. The Bertz CT molecular complexity index is 831. The second-order valence-electron chi connectivity index (χ2n) is 7.64. The highest BCUT2D eigenvalue weighted by Crippen LogP contribution is 2.38. The molecule has 1 aliphatic rings. The lowest BCUT2D eigenvalue weighted by atomic mass is 9.73. The Morgan fingerprint density at radius 1 is 1.14 bits per heavy atom. The summed E-state index contributed by atoms with van der Waals surface area (Å²) in [5.74, 6) is -1.69. The average molecular weight is 387 g/mol. The molecule has 1 heterocycles. The van der Waals surface area contributed by atoms with E-state index in [0.29, 0.717) is 38.0 Å². The maximum Gasteiger partial charge on any atom is 0.226 e. The molecule has 1 amide bonds. The lowest BCUT2D eigenvalue weighted by molar-refractivity contribution is -0.137. The minimum atomic E-state index is -0.873. The molecule has 150 valence electrons. The summed E-state index contributed by atoms with van der Waals surface area (Å²) >= 11 is 0. The smallest absolute Gasteiger partial charge is 0.226 e. The number of hydrogen-bond donors (Lipinski definition) is 1. The molecule has 28 heavy (non-hydrogen) atoms. The second-order valence-corrected chi connectivity index (χ2v) is 7.64. The second kappa shape index (κ2) is 8.82. The van der Waals surface area contributed by atoms with Crippen LogP contribution in [-0.4, -0.2) is 25.2 Å². The molecule has 0 bridgehead atoms. The van der Waals surface area contributed by atoms with Gasteiger partial charge in [0, 0.05) is 19.3 Å². The van der Waals surface area contributed by atoms with Crippen molar-refractivity contribution in [1.29, 1.82) is 0 Å². The lowest BCUT2D eigenvalue weighted by Gasteiger charge is -2.37. The molecular formula is C23H27F2NO2. The van der Waals surface area contributed by atoms with Crippen LogP contribution in [0.2, 0.25) is 0 Å². The topological polar surface area (TPSA) is 38.3 Å². The first-order valence-electron chi connectivity index (χ1n) is 9.87. The Kier molecular flexibility index (Phi) is 6.45. The molecule has 1 fully saturated rings. The Morgan fingerprint density at radius 3 is 2.54 bits per heavy atom. The van der Waals surface area contributed by atoms with Gasteiger partial charge in [-0.15, -0.1) is 0 Å². The third-order valence-electron chi connectivity index (χ3n) is 5.70. The SMILES string of the molecule is CC[C@@H](C)NC(=O)C1(Cc2ccccc2-c2ccc(F)c(F)c2)CCOCC1. The number of amides is 1. The standard InChI is InChI=1S/C23H27F2NO2/c1-3-16(2)26-22(27)23(10-12-28-13-11-23)15-18-6-4-5-7-19(18)17-8-9-20(24)21(25)14-17/h4-9,14,16H,3,10-13,15H2,1-2H3,(H,26,27)/t16-/m1/s1. The van der Waals surface area contributed by atoms with Gasteiger partial charge in [0.05, 0.1) is 5.41 Å². The predicted molar refractivity (Wildman–Crippen MR) is 106 cm³/mol. The first-order valence-corrected chi connectivity index (χ1v) is 9.87. The minimum absolute atomic E-state index is 0.0465. The lowest BCUT2D eigenvalue weighted by Crippen LogP contribution is -2.48. The summed E-state index contributed by atoms with van der Waals surface area (Å²) in [5.41, 5.74) is 1.83. The van der Waals surface area contributed by atoms with Crippen LogP contribution < -0.4 is 5.32 Å². The van der Waals surface area contributed by atoms with Crippen LogP contribution in [0.5, 0.6) is 0 Å². The monoisotopic (exact) mass is 387 g/mol. The van der Waals surface area contributed by atoms with E-state index in [1.807, 2.05) is 38.1 Å². The maximum atomic E-state index is 13.8. The largest absolute Gasteiger partial charge is 0.381 e. The van der Waals surface area contributed by atoms with Crippen molar-refractivity contribution in [3.63, 3.8) is 0 Å². The third-order valence-corrected chi connectivity index (χ3v) is 5.70. The van der Waals surface area contributed by atoms with Crippen LogP contribution in [0.4, 0.5) is 8.78 Å². The molecule has 0 radical (unpaired) electrons. The fourth-order valence-electron chi connectivity index (χ4n) is 3.71. The van der Waals surface area contributed by atoms with Crippen LogP contribution in [0.1, 0.15) is 38.7 Å². The zero-order chi connectivity index (χ0) is 20.1. The Hall–Kier alpha value is -2.27. The molecule has 0 aliphatic carbocycles. The Morgan fingerprint density at radius 2 is 1.86 bits per heavy atom. The molecule has 3 nitrogen and oxygen atoms in total. The quantitative estimate of drug-likeness (QED) is 0.767. The molecule has 2 aromatic carbocycles. The fraction of sp³-hybridized carbons (Fsp3) is 0.435. The van der Waals surface area contributed by atoms with Crippen molar-refractivity contribution in [2.45, 2.75) is 45.6 Å². The van der Waals surface area contributed by atoms with Crippen molar-refractivity contribution in [2.24, 2.45) is 5.41 Å². The van der Waals surface area contributed by atoms with Crippen molar-refractivity contribution in [3.05, 3.63) is 59.7 Å². The summed E-state index contributed by atoms with van der Waals surface area (Å²) in [7, 11) is 0.